The van der Waals surface area contributed by atoms with Crippen LogP contribution < -0.4 is 15.5 Å². The molecule has 172 valence electrons. The Morgan fingerprint density at radius 2 is 2.09 bits per heavy atom. The number of fused-ring (bicyclic) bond motifs is 1. The lowest BCUT2D eigenvalue weighted by molar-refractivity contribution is -0.119. The van der Waals surface area contributed by atoms with E-state index in [9.17, 15) is 38.0 Å². The second-order valence-electron chi connectivity index (χ2n) is 7.38. The molecule has 1 aromatic rings. The number of hydrogen-bond donors (Lipinski definition) is 3. The smallest absolute Gasteiger partial charge is 0.408 e. The number of anilines is 2. The lowest BCUT2D eigenvalue weighted by Gasteiger charge is -2.33. The SMILES string of the molecule is C[C@@H](C=O)N(CN[C@@H]1C(=O)Nc2ccc(C#N)cc2N(C(=O)CS(C)(=O)=O)[C@H]1C)C(=O)O. The maximum absolute atomic E-state index is 12.9. The van der Waals surface area contributed by atoms with E-state index in [0.29, 0.717) is 6.29 Å². The summed E-state index contributed by atoms with van der Waals surface area (Å²) in [6, 6.07) is 2.98. The minimum Gasteiger partial charge on any atom is -0.465 e. The number of aldehydes is 1. The molecule has 3 atom stereocenters. The monoisotopic (exact) mass is 465 g/mol. The number of carbonyl (C=O) groups excluding carboxylic acids is 3. The molecule has 0 unspecified atom stereocenters. The van der Waals surface area contributed by atoms with Crippen molar-refractivity contribution in [3.63, 3.8) is 0 Å². The lowest BCUT2D eigenvalue weighted by atomic mass is 10.1. The predicted molar refractivity (Wildman–Crippen MR) is 114 cm³/mol. The Hall–Kier alpha value is -3.50. The van der Waals surface area contributed by atoms with E-state index in [-0.39, 0.29) is 16.9 Å². The third kappa shape index (κ3) is 5.59. The zero-order chi connectivity index (χ0) is 24.2. The van der Waals surface area contributed by atoms with Crippen molar-refractivity contribution in [1.29, 1.82) is 5.26 Å². The number of nitrogens with zero attached hydrogens (tertiary/aromatic N) is 3. The highest BCUT2D eigenvalue weighted by molar-refractivity contribution is 7.91. The zero-order valence-electron chi connectivity index (χ0n) is 17.6. The zero-order valence-corrected chi connectivity index (χ0v) is 18.4. The molecule has 3 N–H and O–H groups in total. The van der Waals surface area contributed by atoms with Gasteiger partial charge in [-0.15, -0.1) is 0 Å². The highest BCUT2D eigenvalue weighted by Crippen LogP contribution is 2.33. The molecule has 0 spiro atoms. The summed E-state index contributed by atoms with van der Waals surface area (Å²) in [5.41, 5.74) is 0.508. The maximum atomic E-state index is 12.9. The van der Waals surface area contributed by atoms with Crippen LogP contribution in [0.25, 0.3) is 0 Å². The molecule has 12 nitrogen and oxygen atoms in total. The number of benzene rings is 1. The molecule has 1 aromatic carbocycles. The number of nitrogens with one attached hydrogen (secondary N) is 2. The fourth-order valence-corrected chi connectivity index (χ4v) is 3.87. The van der Waals surface area contributed by atoms with Gasteiger partial charge in [0.05, 0.1) is 41.8 Å². The molecule has 13 heteroatoms. The first-order valence-corrected chi connectivity index (χ1v) is 11.5. The van der Waals surface area contributed by atoms with Crippen molar-refractivity contribution in [3.05, 3.63) is 23.8 Å². The van der Waals surface area contributed by atoms with Crippen molar-refractivity contribution >= 4 is 45.4 Å². The van der Waals surface area contributed by atoms with Crippen LogP contribution in [-0.2, 0) is 24.2 Å². The van der Waals surface area contributed by atoms with Gasteiger partial charge in [-0.2, -0.15) is 5.26 Å². The molecule has 0 saturated carbocycles. The molecule has 0 radical (unpaired) electrons. The number of rotatable bonds is 7. The van der Waals surface area contributed by atoms with Crippen LogP contribution in [0, 0.1) is 11.3 Å². The van der Waals surface area contributed by atoms with Crippen LogP contribution >= 0.6 is 0 Å². The van der Waals surface area contributed by atoms with Crippen molar-refractivity contribution in [2.75, 3.05) is 28.9 Å². The van der Waals surface area contributed by atoms with E-state index >= 15 is 0 Å². The minimum absolute atomic E-state index is 0.138. The van der Waals surface area contributed by atoms with Crippen LogP contribution in [0.4, 0.5) is 16.2 Å². The number of nitriles is 1. The van der Waals surface area contributed by atoms with Crippen LogP contribution in [0.5, 0.6) is 0 Å². The summed E-state index contributed by atoms with van der Waals surface area (Å²) in [5, 5.41) is 23.9. The van der Waals surface area contributed by atoms with E-state index in [4.69, 9.17) is 0 Å². The Labute approximate surface area is 184 Å². The fourth-order valence-electron chi connectivity index (χ4n) is 3.28. The van der Waals surface area contributed by atoms with Crippen molar-refractivity contribution in [2.24, 2.45) is 0 Å². The molecular weight excluding hydrogens is 442 g/mol. The quantitative estimate of drug-likeness (QED) is 0.362. The molecule has 1 aliphatic heterocycles. The summed E-state index contributed by atoms with van der Waals surface area (Å²) in [6.45, 7) is 2.44. The molecule has 32 heavy (non-hydrogen) atoms. The molecule has 0 fully saturated rings. The van der Waals surface area contributed by atoms with Gasteiger partial charge in [-0.3, -0.25) is 19.8 Å². The molecular formula is C19H23N5O7S. The van der Waals surface area contributed by atoms with Gasteiger partial charge in [0.15, 0.2) is 9.84 Å². The average molecular weight is 465 g/mol. The lowest BCUT2D eigenvalue weighted by Crippen LogP contribution is -2.58. The van der Waals surface area contributed by atoms with Gasteiger partial charge in [0.1, 0.15) is 18.1 Å². The molecule has 2 rings (SSSR count). The van der Waals surface area contributed by atoms with E-state index in [2.05, 4.69) is 10.6 Å². The molecule has 3 amide bonds. The molecule has 0 aliphatic carbocycles. The van der Waals surface area contributed by atoms with Crippen LogP contribution in [-0.4, -0.2) is 79.4 Å². The summed E-state index contributed by atoms with van der Waals surface area (Å²) >= 11 is 0. The van der Waals surface area contributed by atoms with Gasteiger partial charge in [-0.25, -0.2) is 13.2 Å². The van der Waals surface area contributed by atoms with Gasteiger partial charge < -0.3 is 20.1 Å². The summed E-state index contributed by atoms with van der Waals surface area (Å²) in [6.07, 6.45) is -0.0797. The van der Waals surface area contributed by atoms with E-state index < -0.39 is 58.3 Å². The van der Waals surface area contributed by atoms with Gasteiger partial charge in [-0.05, 0) is 32.0 Å². The Balaban J connectivity index is 2.48. The van der Waals surface area contributed by atoms with Crippen molar-refractivity contribution in [3.8, 4) is 6.07 Å². The van der Waals surface area contributed by atoms with E-state index in [1.165, 1.54) is 32.0 Å². The van der Waals surface area contributed by atoms with Crippen LogP contribution in [0.3, 0.4) is 0 Å². The molecule has 0 saturated heterocycles. The van der Waals surface area contributed by atoms with Crippen LogP contribution in [0.15, 0.2) is 18.2 Å². The first-order chi connectivity index (χ1) is 14.9. The summed E-state index contributed by atoms with van der Waals surface area (Å²) < 4.78 is 23.5. The fraction of sp³-hybridized carbons (Fsp3) is 0.421. The molecule has 0 bridgehead atoms. The number of carbonyl (C=O) groups is 4. The largest absolute Gasteiger partial charge is 0.465 e. The Bertz CT molecular complexity index is 1080. The second-order valence-corrected chi connectivity index (χ2v) is 9.52. The first kappa shape index (κ1) is 24.8. The van der Waals surface area contributed by atoms with E-state index in [1.807, 2.05) is 6.07 Å². The molecule has 0 aromatic heterocycles. The molecule has 1 heterocycles. The summed E-state index contributed by atoms with van der Waals surface area (Å²) in [7, 11) is -3.72. The van der Waals surface area contributed by atoms with Crippen molar-refractivity contribution in [2.45, 2.75) is 32.0 Å². The number of carboxylic acid groups (broad SMARTS) is 1. The topological polar surface area (TPSA) is 177 Å². The third-order valence-corrected chi connectivity index (χ3v) is 5.66. The predicted octanol–water partition coefficient (Wildman–Crippen LogP) is -0.240. The average Bonchev–Trinajstić information content (AvgIpc) is 2.79. The normalized spacial score (nSPS) is 19.1. The first-order valence-electron chi connectivity index (χ1n) is 9.42. The van der Waals surface area contributed by atoms with E-state index in [0.717, 1.165) is 16.1 Å². The Kier molecular flexibility index (Phi) is 7.55. The summed E-state index contributed by atoms with van der Waals surface area (Å²) in [5.74, 6) is -2.27. The number of hydrogen-bond acceptors (Lipinski definition) is 8. The number of amides is 3. The number of sulfone groups is 1. The van der Waals surface area contributed by atoms with Gasteiger partial charge >= 0.3 is 6.09 Å². The third-order valence-electron chi connectivity index (χ3n) is 4.89. The van der Waals surface area contributed by atoms with Crippen molar-refractivity contribution in [1.82, 2.24) is 10.2 Å². The second kappa shape index (κ2) is 9.75. The molecule has 1 aliphatic rings. The minimum atomic E-state index is -3.72. The van der Waals surface area contributed by atoms with Crippen LogP contribution in [0.1, 0.15) is 19.4 Å². The van der Waals surface area contributed by atoms with Crippen LogP contribution in [0.2, 0.25) is 0 Å². The summed E-state index contributed by atoms with van der Waals surface area (Å²) in [4.78, 5) is 50.2. The highest BCUT2D eigenvalue weighted by Gasteiger charge is 2.39. The van der Waals surface area contributed by atoms with Crippen molar-refractivity contribution < 1.29 is 32.7 Å². The van der Waals surface area contributed by atoms with Gasteiger partial charge in [0.2, 0.25) is 11.8 Å². The van der Waals surface area contributed by atoms with E-state index in [1.54, 1.807) is 0 Å². The van der Waals surface area contributed by atoms with Gasteiger partial charge in [0, 0.05) is 6.26 Å². The highest BCUT2D eigenvalue weighted by atomic mass is 32.2. The maximum Gasteiger partial charge on any atom is 0.408 e. The Morgan fingerprint density at radius 1 is 1.44 bits per heavy atom. The standard InChI is InChI=1S/C19H23N5O7S/c1-11(8-25)23(19(28)29)10-21-17-12(2)24(16(26)9-32(3,30)31)15-6-13(7-20)4-5-14(15)22-18(17)27/h4-6,8,11-12,17,21H,9-10H2,1-3H3,(H,22,27)(H,28,29)/t11-,12-,17-/m0/s1. The van der Waals surface area contributed by atoms with Gasteiger partial charge in [-0.1, -0.05) is 0 Å². The van der Waals surface area contributed by atoms with Gasteiger partial charge in [0.25, 0.3) is 0 Å². The Morgan fingerprint density at radius 3 is 2.62 bits per heavy atom.